The van der Waals surface area contributed by atoms with E-state index in [1.54, 1.807) is 0 Å². The van der Waals surface area contributed by atoms with Crippen LogP contribution in [0.25, 0.3) is 0 Å². The van der Waals surface area contributed by atoms with Crippen LogP contribution < -0.4 is 0 Å². The maximum Gasteiger partial charge on any atom is 0.199 e. The van der Waals surface area contributed by atoms with E-state index in [0.717, 1.165) is 5.56 Å². The Morgan fingerprint density at radius 3 is 2.67 bits per heavy atom. The molecule has 76 valence electrons. The Labute approximate surface area is 87.8 Å². The molecule has 15 heavy (non-hydrogen) atoms. The summed E-state index contributed by atoms with van der Waals surface area (Å²) in [7, 11) is 0. The lowest BCUT2D eigenvalue weighted by Gasteiger charge is -1.94. The Kier molecular flexibility index (Phi) is 2.63. The van der Waals surface area contributed by atoms with Crippen molar-refractivity contribution in [3.05, 3.63) is 53.7 Å². The standard InChI is InChI=1S/C12H11NO2/c1-9(14)11-8-15-12(13-11)7-10-5-3-2-4-6-10/h2-6,8H,7H2,1H3. The molecule has 0 N–H and O–H groups in total. The van der Waals surface area contributed by atoms with Crippen molar-refractivity contribution in [2.24, 2.45) is 0 Å². The number of benzene rings is 1. The first-order chi connectivity index (χ1) is 7.25. The number of hydrogen-bond acceptors (Lipinski definition) is 3. The Morgan fingerprint density at radius 1 is 1.33 bits per heavy atom. The summed E-state index contributed by atoms with van der Waals surface area (Å²) in [6.07, 6.45) is 2.02. The van der Waals surface area contributed by atoms with Crippen LogP contribution in [0.4, 0.5) is 0 Å². The van der Waals surface area contributed by atoms with Gasteiger partial charge in [0.1, 0.15) is 12.0 Å². The molecule has 1 aromatic carbocycles. The molecule has 0 aliphatic carbocycles. The number of ketones is 1. The molecular formula is C12H11NO2. The highest BCUT2D eigenvalue weighted by Crippen LogP contribution is 2.09. The first-order valence-corrected chi connectivity index (χ1v) is 4.75. The van der Waals surface area contributed by atoms with Gasteiger partial charge in [0.25, 0.3) is 0 Å². The van der Waals surface area contributed by atoms with Gasteiger partial charge in [0.2, 0.25) is 0 Å². The highest BCUT2D eigenvalue weighted by molar-refractivity contribution is 5.91. The van der Waals surface area contributed by atoms with E-state index in [-0.39, 0.29) is 5.78 Å². The van der Waals surface area contributed by atoms with E-state index < -0.39 is 0 Å². The number of hydrogen-bond donors (Lipinski definition) is 0. The summed E-state index contributed by atoms with van der Waals surface area (Å²) in [4.78, 5) is 15.1. The number of rotatable bonds is 3. The summed E-state index contributed by atoms with van der Waals surface area (Å²) in [6.45, 7) is 1.48. The second-order valence-electron chi connectivity index (χ2n) is 3.35. The van der Waals surface area contributed by atoms with Crippen LogP contribution in [0.2, 0.25) is 0 Å². The molecule has 1 heterocycles. The van der Waals surface area contributed by atoms with Crippen molar-refractivity contribution in [3.8, 4) is 0 Å². The van der Waals surface area contributed by atoms with Crippen molar-refractivity contribution < 1.29 is 9.21 Å². The van der Waals surface area contributed by atoms with Gasteiger partial charge in [0.15, 0.2) is 11.7 Å². The predicted octanol–water partition coefficient (Wildman–Crippen LogP) is 2.47. The van der Waals surface area contributed by atoms with E-state index in [1.807, 2.05) is 30.3 Å². The number of aromatic nitrogens is 1. The third-order valence-electron chi connectivity index (χ3n) is 2.11. The van der Waals surface area contributed by atoms with Crippen molar-refractivity contribution in [3.63, 3.8) is 0 Å². The quantitative estimate of drug-likeness (QED) is 0.716. The Balaban J connectivity index is 2.15. The van der Waals surface area contributed by atoms with E-state index in [1.165, 1.54) is 13.2 Å². The Hall–Kier alpha value is -1.90. The zero-order chi connectivity index (χ0) is 10.7. The van der Waals surface area contributed by atoms with Gasteiger partial charge < -0.3 is 4.42 Å². The number of carbonyl (C=O) groups is 1. The molecule has 0 saturated heterocycles. The molecule has 0 amide bonds. The molecule has 3 nitrogen and oxygen atoms in total. The van der Waals surface area contributed by atoms with Gasteiger partial charge >= 0.3 is 0 Å². The first kappa shape index (κ1) is 9.65. The smallest absolute Gasteiger partial charge is 0.199 e. The lowest BCUT2D eigenvalue weighted by Crippen LogP contribution is -1.93. The molecule has 0 unspecified atom stereocenters. The third-order valence-corrected chi connectivity index (χ3v) is 2.11. The Morgan fingerprint density at radius 2 is 2.07 bits per heavy atom. The molecule has 0 spiro atoms. The summed E-state index contributed by atoms with van der Waals surface area (Å²) >= 11 is 0. The van der Waals surface area contributed by atoms with Gasteiger partial charge in [0, 0.05) is 13.3 Å². The molecule has 2 aromatic rings. The second-order valence-corrected chi connectivity index (χ2v) is 3.35. The van der Waals surface area contributed by atoms with Crippen LogP contribution in [0.5, 0.6) is 0 Å². The molecular weight excluding hydrogens is 190 g/mol. The van der Waals surface area contributed by atoms with Crippen LogP contribution in [0.15, 0.2) is 41.0 Å². The maximum absolute atomic E-state index is 11.0. The van der Waals surface area contributed by atoms with E-state index in [2.05, 4.69) is 4.98 Å². The highest BCUT2D eigenvalue weighted by atomic mass is 16.3. The summed E-state index contributed by atoms with van der Waals surface area (Å²) in [5.74, 6) is 0.504. The lowest BCUT2D eigenvalue weighted by molar-refractivity contribution is 0.101. The van der Waals surface area contributed by atoms with Gasteiger partial charge in [-0.1, -0.05) is 30.3 Å². The lowest BCUT2D eigenvalue weighted by atomic mass is 10.1. The van der Waals surface area contributed by atoms with E-state index in [0.29, 0.717) is 18.0 Å². The highest BCUT2D eigenvalue weighted by Gasteiger charge is 2.07. The summed E-state index contributed by atoms with van der Waals surface area (Å²) in [6, 6.07) is 9.88. The van der Waals surface area contributed by atoms with Gasteiger partial charge in [-0.05, 0) is 5.56 Å². The molecule has 0 radical (unpaired) electrons. The molecule has 0 atom stereocenters. The minimum absolute atomic E-state index is 0.0712. The molecule has 3 heteroatoms. The first-order valence-electron chi connectivity index (χ1n) is 4.75. The SMILES string of the molecule is CC(=O)c1coc(Cc2ccccc2)n1. The maximum atomic E-state index is 11.0. The van der Waals surface area contributed by atoms with Gasteiger partial charge in [0.05, 0.1) is 0 Å². The van der Waals surface area contributed by atoms with Crippen molar-refractivity contribution >= 4 is 5.78 Å². The fourth-order valence-corrected chi connectivity index (χ4v) is 1.32. The molecule has 0 aliphatic rings. The minimum Gasteiger partial charge on any atom is -0.448 e. The van der Waals surface area contributed by atoms with E-state index in [9.17, 15) is 4.79 Å². The molecule has 1 aromatic heterocycles. The fraction of sp³-hybridized carbons (Fsp3) is 0.167. The average molecular weight is 201 g/mol. The third kappa shape index (κ3) is 2.31. The van der Waals surface area contributed by atoms with Crippen LogP contribution in [-0.2, 0) is 6.42 Å². The minimum atomic E-state index is -0.0712. The summed E-state index contributed by atoms with van der Waals surface area (Å²) in [5, 5.41) is 0. The van der Waals surface area contributed by atoms with Gasteiger partial charge in [-0.2, -0.15) is 0 Å². The molecule has 0 aliphatic heterocycles. The number of carbonyl (C=O) groups excluding carboxylic acids is 1. The van der Waals surface area contributed by atoms with Crippen LogP contribution in [0.3, 0.4) is 0 Å². The van der Waals surface area contributed by atoms with Crippen LogP contribution in [0.1, 0.15) is 28.9 Å². The average Bonchev–Trinajstić information content (AvgIpc) is 2.68. The zero-order valence-electron chi connectivity index (χ0n) is 8.43. The number of Topliss-reactive ketones (excluding diaryl/α,β-unsaturated/α-hetero) is 1. The van der Waals surface area contributed by atoms with Crippen LogP contribution >= 0.6 is 0 Å². The zero-order valence-corrected chi connectivity index (χ0v) is 8.43. The predicted molar refractivity (Wildman–Crippen MR) is 55.8 cm³/mol. The van der Waals surface area contributed by atoms with E-state index in [4.69, 9.17) is 4.42 Å². The monoisotopic (exact) mass is 201 g/mol. The normalized spacial score (nSPS) is 10.2. The number of oxazole rings is 1. The van der Waals surface area contributed by atoms with Crippen molar-refractivity contribution in [1.29, 1.82) is 0 Å². The largest absolute Gasteiger partial charge is 0.448 e. The molecule has 0 bridgehead atoms. The second kappa shape index (κ2) is 4.09. The number of nitrogens with zero attached hydrogens (tertiary/aromatic N) is 1. The van der Waals surface area contributed by atoms with Crippen LogP contribution in [-0.4, -0.2) is 10.8 Å². The van der Waals surface area contributed by atoms with E-state index >= 15 is 0 Å². The van der Waals surface area contributed by atoms with Crippen LogP contribution in [0, 0.1) is 0 Å². The topological polar surface area (TPSA) is 43.1 Å². The van der Waals surface area contributed by atoms with Crippen molar-refractivity contribution in [1.82, 2.24) is 4.98 Å². The summed E-state index contributed by atoms with van der Waals surface area (Å²) in [5.41, 5.74) is 1.51. The molecule has 2 rings (SSSR count). The molecule has 0 fully saturated rings. The Bertz CT molecular complexity index is 459. The fourth-order valence-electron chi connectivity index (χ4n) is 1.32. The summed E-state index contributed by atoms with van der Waals surface area (Å²) < 4.78 is 5.20. The van der Waals surface area contributed by atoms with Crippen molar-refractivity contribution in [2.45, 2.75) is 13.3 Å². The van der Waals surface area contributed by atoms with Gasteiger partial charge in [-0.25, -0.2) is 4.98 Å². The van der Waals surface area contributed by atoms with Gasteiger partial charge in [-0.3, -0.25) is 4.79 Å². The van der Waals surface area contributed by atoms with Gasteiger partial charge in [-0.15, -0.1) is 0 Å². The van der Waals surface area contributed by atoms with Crippen molar-refractivity contribution in [2.75, 3.05) is 0 Å². The molecule has 0 saturated carbocycles.